The number of carbonyl (C=O) groups is 1. The summed E-state index contributed by atoms with van der Waals surface area (Å²) in [7, 11) is 0. The summed E-state index contributed by atoms with van der Waals surface area (Å²) in [5, 5.41) is 5.81. The molecule has 0 spiro atoms. The van der Waals surface area contributed by atoms with Gasteiger partial charge in [-0.3, -0.25) is 20.6 Å². The van der Waals surface area contributed by atoms with E-state index in [0.29, 0.717) is 38.1 Å². The molecule has 0 bridgehead atoms. The lowest BCUT2D eigenvalue weighted by atomic mass is 10.3. The standard InChI is InChI=1S/C17H11Cl2N7O/c18-13-4-3-11(6-14(13)19)26-16-12(8-23-26)15(21-9-22-16)24-25-17(27)10-2-1-5-20-7-10/h1-9H,(H,25,27)(H,21,22,24). The zero-order valence-electron chi connectivity index (χ0n) is 13.6. The van der Waals surface area contributed by atoms with Gasteiger partial charge < -0.3 is 0 Å². The third-order valence-corrected chi connectivity index (χ3v) is 4.47. The van der Waals surface area contributed by atoms with Crippen molar-refractivity contribution in [2.45, 2.75) is 0 Å². The van der Waals surface area contributed by atoms with Gasteiger partial charge in [-0.15, -0.1) is 0 Å². The maximum absolute atomic E-state index is 12.1. The smallest absolute Gasteiger partial charge is 0.271 e. The van der Waals surface area contributed by atoms with E-state index in [0.717, 1.165) is 0 Å². The topological polar surface area (TPSA) is 97.6 Å². The Hall–Kier alpha value is -3.23. The number of fused-ring (bicyclic) bond motifs is 1. The lowest BCUT2D eigenvalue weighted by molar-refractivity contribution is 0.0962. The van der Waals surface area contributed by atoms with Crippen LogP contribution in [0.2, 0.25) is 10.0 Å². The average Bonchev–Trinajstić information content (AvgIpc) is 3.13. The van der Waals surface area contributed by atoms with Crippen LogP contribution in [-0.4, -0.2) is 30.6 Å². The van der Waals surface area contributed by atoms with Gasteiger partial charge in [-0.25, -0.2) is 14.6 Å². The Balaban J connectivity index is 1.63. The van der Waals surface area contributed by atoms with Gasteiger partial charge in [0.2, 0.25) is 0 Å². The van der Waals surface area contributed by atoms with E-state index in [4.69, 9.17) is 23.2 Å². The molecule has 0 saturated carbocycles. The van der Waals surface area contributed by atoms with Gasteiger partial charge in [0, 0.05) is 12.4 Å². The van der Waals surface area contributed by atoms with E-state index in [1.54, 1.807) is 47.4 Å². The van der Waals surface area contributed by atoms with Crippen molar-refractivity contribution in [3.63, 3.8) is 0 Å². The van der Waals surface area contributed by atoms with Crippen molar-refractivity contribution in [2.75, 3.05) is 5.43 Å². The quantitative estimate of drug-likeness (QED) is 0.511. The Morgan fingerprint density at radius 2 is 1.96 bits per heavy atom. The highest BCUT2D eigenvalue weighted by atomic mass is 35.5. The molecule has 0 unspecified atom stereocenters. The Morgan fingerprint density at radius 3 is 2.74 bits per heavy atom. The average molecular weight is 400 g/mol. The van der Waals surface area contributed by atoms with Crippen molar-refractivity contribution in [1.82, 2.24) is 30.2 Å². The van der Waals surface area contributed by atoms with E-state index in [1.807, 2.05) is 0 Å². The summed E-state index contributed by atoms with van der Waals surface area (Å²) in [6, 6.07) is 8.48. The molecular formula is C17H11Cl2N7O. The lowest BCUT2D eigenvalue weighted by Crippen LogP contribution is -2.30. The van der Waals surface area contributed by atoms with Gasteiger partial charge in [-0.1, -0.05) is 23.2 Å². The SMILES string of the molecule is O=C(NNc1ncnc2c1cnn2-c1ccc(Cl)c(Cl)c1)c1cccnc1. The zero-order chi connectivity index (χ0) is 18.8. The summed E-state index contributed by atoms with van der Waals surface area (Å²) in [6.07, 6.45) is 6.03. The predicted octanol–water partition coefficient (Wildman–Crippen LogP) is 3.27. The van der Waals surface area contributed by atoms with Crippen LogP contribution in [0.25, 0.3) is 16.7 Å². The fourth-order valence-corrected chi connectivity index (χ4v) is 2.73. The number of hydrogen-bond donors (Lipinski definition) is 2. The Morgan fingerprint density at radius 1 is 1.07 bits per heavy atom. The van der Waals surface area contributed by atoms with Crippen LogP contribution in [0.15, 0.2) is 55.2 Å². The number of anilines is 1. The van der Waals surface area contributed by atoms with Crippen molar-refractivity contribution in [2.24, 2.45) is 0 Å². The predicted molar refractivity (Wildman–Crippen MR) is 102 cm³/mol. The normalized spacial score (nSPS) is 10.7. The second-order valence-electron chi connectivity index (χ2n) is 5.44. The summed E-state index contributed by atoms with van der Waals surface area (Å²) >= 11 is 12.1. The first-order valence-electron chi connectivity index (χ1n) is 7.74. The minimum atomic E-state index is -0.341. The van der Waals surface area contributed by atoms with Crippen LogP contribution < -0.4 is 10.9 Å². The number of pyridine rings is 1. The van der Waals surface area contributed by atoms with E-state index >= 15 is 0 Å². The number of nitrogens with zero attached hydrogens (tertiary/aromatic N) is 5. The molecule has 0 aliphatic carbocycles. The van der Waals surface area contributed by atoms with Crippen molar-refractivity contribution in [1.29, 1.82) is 0 Å². The molecule has 2 N–H and O–H groups in total. The van der Waals surface area contributed by atoms with Gasteiger partial charge in [0.25, 0.3) is 5.91 Å². The van der Waals surface area contributed by atoms with Gasteiger partial charge in [0.1, 0.15) is 6.33 Å². The number of aromatic nitrogens is 5. The fourth-order valence-electron chi connectivity index (χ4n) is 2.43. The van der Waals surface area contributed by atoms with Crippen LogP contribution in [0, 0.1) is 0 Å². The molecule has 0 atom stereocenters. The first kappa shape index (κ1) is 17.2. The van der Waals surface area contributed by atoms with Crippen LogP contribution in [0.4, 0.5) is 5.82 Å². The van der Waals surface area contributed by atoms with Crippen molar-refractivity contribution in [3.8, 4) is 5.69 Å². The fraction of sp³-hybridized carbons (Fsp3) is 0. The van der Waals surface area contributed by atoms with E-state index in [-0.39, 0.29) is 5.91 Å². The highest BCUT2D eigenvalue weighted by Gasteiger charge is 2.13. The van der Waals surface area contributed by atoms with Crippen LogP contribution in [0.1, 0.15) is 10.4 Å². The van der Waals surface area contributed by atoms with Crippen LogP contribution in [0.5, 0.6) is 0 Å². The number of amides is 1. The monoisotopic (exact) mass is 399 g/mol. The van der Waals surface area contributed by atoms with Crippen LogP contribution in [-0.2, 0) is 0 Å². The molecule has 3 heterocycles. The Labute approximate surface area is 163 Å². The van der Waals surface area contributed by atoms with Crippen molar-refractivity contribution in [3.05, 3.63) is 70.9 Å². The van der Waals surface area contributed by atoms with Crippen LogP contribution >= 0.6 is 23.2 Å². The Bertz CT molecular complexity index is 1130. The van der Waals surface area contributed by atoms with E-state index in [9.17, 15) is 4.79 Å². The zero-order valence-corrected chi connectivity index (χ0v) is 15.1. The number of nitrogens with one attached hydrogen (secondary N) is 2. The molecule has 4 rings (SSSR count). The van der Waals surface area contributed by atoms with Gasteiger partial charge in [0.05, 0.1) is 32.9 Å². The molecule has 1 aromatic carbocycles. The van der Waals surface area contributed by atoms with E-state index in [2.05, 4.69) is 30.9 Å². The van der Waals surface area contributed by atoms with Crippen LogP contribution in [0.3, 0.4) is 0 Å². The Kier molecular flexibility index (Phi) is 4.57. The molecule has 27 heavy (non-hydrogen) atoms. The molecule has 8 nitrogen and oxygen atoms in total. The molecule has 1 amide bonds. The van der Waals surface area contributed by atoms with Crippen molar-refractivity contribution < 1.29 is 4.79 Å². The number of carbonyl (C=O) groups excluding carboxylic acids is 1. The molecule has 3 aromatic heterocycles. The van der Waals surface area contributed by atoms with Gasteiger partial charge in [0.15, 0.2) is 11.5 Å². The largest absolute Gasteiger partial charge is 0.281 e. The minimum Gasteiger partial charge on any atom is -0.281 e. The molecule has 134 valence electrons. The molecule has 0 saturated heterocycles. The minimum absolute atomic E-state index is 0.341. The molecule has 4 aromatic rings. The number of benzene rings is 1. The number of rotatable bonds is 4. The second-order valence-corrected chi connectivity index (χ2v) is 6.25. The maximum atomic E-state index is 12.1. The third-order valence-electron chi connectivity index (χ3n) is 3.73. The van der Waals surface area contributed by atoms with E-state index < -0.39 is 0 Å². The number of halogens is 2. The molecular weight excluding hydrogens is 389 g/mol. The third kappa shape index (κ3) is 3.40. The molecule has 0 fully saturated rings. The summed E-state index contributed by atoms with van der Waals surface area (Å²) in [5.74, 6) is 0.0651. The maximum Gasteiger partial charge on any atom is 0.271 e. The van der Waals surface area contributed by atoms with Gasteiger partial charge in [-0.2, -0.15) is 5.10 Å². The van der Waals surface area contributed by atoms with Gasteiger partial charge in [-0.05, 0) is 30.3 Å². The van der Waals surface area contributed by atoms with Crippen molar-refractivity contribution >= 4 is 46.0 Å². The molecule has 0 radical (unpaired) electrons. The highest BCUT2D eigenvalue weighted by molar-refractivity contribution is 6.42. The highest BCUT2D eigenvalue weighted by Crippen LogP contribution is 2.26. The summed E-state index contributed by atoms with van der Waals surface area (Å²) in [5.41, 5.74) is 7.03. The molecule has 0 aliphatic rings. The summed E-state index contributed by atoms with van der Waals surface area (Å²) in [4.78, 5) is 24.5. The molecule has 0 aliphatic heterocycles. The summed E-state index contributed by atoms with van der Waals surface area (Å²) in [6.45, 7) is 0. The van der Waals surface area contributed by atoms with Gasteiger partial charge >= 0.3 is 0 Å². The lowest BCUT2D eigenvalue weighted by Gasteiger charge is -2.08. The van der Waals surface area contributed by atoms with E-state index in [1.165, 1.54) is 12.5 Å². The number of hydrazine groups is 1. The molecule has 10 heteroatoms. The number of hydrogen-bond acceptors (Lipinski definition) is 6. The first-order chi connectivity index (χ1) is 13.1. The first-order valence-corrected chi connectivity index (χ1v) is 8.49. The second kappa shape index (κ2) is 7.18. The summed E-state index contributed by atoms with van der Waals surface area (Å²) < 4.78 is 1.60.